The van der Waals surface area contributed by atoms with Gasteiger partial charge in [0, 0.05) is 78.7 Å². The summed E-state index contributed by atoms with van der Waals surface area (Å²) in [4.78, 5) is 65.0. The fraction of sp³-hybridized carbons (Fsp3) is 0.357. The number of ether oxygens (including phenoxy) is 2. The molecule has 6 aromatic rings. The number of aromatic nitrogens is 8. The zero-order chi connectivity index (χ0) is 47.2. The molecule has 0 atom stereocenters. The first kappa shape index (κ1) is 51.9. The highest BCUT2D eigenvalue weighted by atomic mass is 16.5. The molecule has 0 radical (unpaired) electrons. The minimum Gasteiger partial charge on any atom is -0.491 e. The smallest absolute Gasteiger partial charge is 0.276 e. The number of nitrogens with two attached hydrogens (primary N) is 2. The van der Waals surface area contributed by atoms with E-state index in [0.29, 0.717) is 83.6 Å². The van der Waals surface area contributed by atoms with Gasteiger partial charge in [-0.25, -0.2) is 9.97 Å². The van der Waals surface area contributed by atoms with E-state index in [9.17, 15) is 19.2 Å². The maximum atomic E-state index is 13.5. The molecule has 0 bridgehead atoms. The number of methoxy groups -OCH3 is 1. The number of nitrogens with one attached hydrogen (secondary N) is 2. The first-order chi connectivity index (χ1) is 30.4. The number of hydrogen-bond donors (Lipinski definition) is 6. The van der Waals surface area contributed by atoms with Gasteiger partial charge in [-0.15, -0.1) is 0 Å². The van der Waals surface area contributed by atoms with Crippen molar-refractivity contribution >= 4 is 64.8 Å². The second kappa shape index (κ2) is 26.2. The monoisotopic (exact) mass is 874 g/mol. The van der Waals surface area contributed by atoms with Gasteiger partial charge in [0.1, 0.15) is 29.4 Å². The molecule has 4 aromatic heterocycles. The first-order valence-electron chi connectivity index (χ1n) is 19.5. The van der Waals surface area contributed by atoms with Crippen LogP contribution in [-0.4, -0.2) is 121 Å². The van der Waals surface area contributed by atoms with E-state index in [-0.39, 0.29) is 24.0 Å². The predicted molar refractivity (Wildman–Crippen MR) is 239 cm³/mol. The summed E-state index contributed by atoms with van der Waals surface area (Å²) >= 11 is 0. The van der Waals surface area contributed by atoms with Crippen LogP contribution >= 0.6 is 0 Å². The quantitative estimate of drug-likeness (QED) is 0.0436. The molecule has 8 N–H and O–H groups in total. The molecule has 0 saturated carbocycles. The lowest BCUT2D eigenvalue weighted by atomic mass is 10.1. The number of imidazole rings is 2. The second-order valence-corrected chi connectivity index (χ2v) is 12.9. The number of allylic oxidation sites excluding steroid dienone is 2. The van der Waals surface area contributed by atoms with Crippen molar-refractivity contribution in [3.63, 3.8) is 0 Å². The molecule has 0 aliphatic carbocycles. The summed E-state index contributed by atoms with van der Waals surface area (Å²) in [7, 11) is 5.38. The van der Waals surface area contributed by atoms with Crippen LogP contribution < -0.4 is 26.8 Å². The molecule has 0 unspecified atom stereocenters. The van der Waals surface area contributed by atoms with E-state index < -0.39 is 11.8 Å². The fourth-order valence-electron chi connectivity index (χ4n) is 6.21. The van der Waals surface area contributed by atoms with Gasteiger partial charge in [-0.3, -0.25) is 33.9 Å². The number of aliphatic hydroxyl groups excluding tert-OH is 2. The molecule has 4 heterocycles. The lowest BCUT2D eigenvalue weighted by molar-refractivity contribution is -0.0980. The van der Waals surface area contributed by atoms with Crippen molar-refractivity contribution in [3.8, 4) is 5.75 Å². The average molecular weight is 875 g/mol. The number of hydrogen-bond acceptors (Lipinski definition) is 14. The van der Waals surface area contributed by atoms with E-state index >= 15 is 0 Å². The summed E-state index contributed by atoms with van der Waals surface area (Å²) in [6, 6.07) is 11.8. The largest absolute Gasteiger partial charge is 0.491 e. The molecule has 21 nitrogen and oxygen atoms in total. The molecular weight excluding hydrogens is 817 g/mol. The minimum absolute atomic E-state index is 0.225. The number of carbonyl (C=O) groups excluding carboxylic acids is 5. The van der Waals surface area contributed by atoms with Gasteiger partial charge in [0.25, 0.3) is 5.91 Å². The van der Waals surface area contributed by atoms with E-state index in [1.165, 1.54) is 0 Å². The summed E-state index contributed by atoms with van der Waals surface area (Å²) in [5.41, 5.74) is 16.8. The van der Waals surface area contributed by atoms with Crippen molar-refractivity contribution in [1.82, 2.24) is 38.7 Å². The van der Waals surface area contributed by atoms with Crippen LogP contribution in [0.1, 0.15) is 73.3 Å². The molecule has 21 heteroatoms. The third kappa shape index (κ3) is 13.4. The van der Waals surface area contributed by atoms with Crippen LogP contribution in [0.25, 0.3) is 22.1 Å². The molecule has 0 saturated heterocycles. The van der Waals surface area contributed by atoms with Gasteiger partial charge < -0.3 is 50.4 Å². The number of nitrogens with zero attached hydrogens (tertiary/aromatic N) is 8. The van der Waals surface area contributed by atoms with Crippen LogP contribution in [-0.2, 0) is 35.7 Å². The molecule has 6 rings (SSSR count). The van der Waals surface area contributed by atoms with Gasteiger partial charge in [0.15, 0.2) is 6.29 Å². The third-order valence-corrected chi connectivity index (χ3v) is 8.85. The number of aryl methyl sites for hydroxylation is 4. The third-order valence-electron chi connectivity index (χ3n) is 8.85. The summed E-state index contributed by atoms with van der Waals surface area (Å²) < 4.78 is 18.3. The van der Waals surface area contributed by atoms with Gasteiger partial charge >= 0.3 is 0 Å². The van der Waals surface area contributed by atoms with Crippen molar-refractivity contribution in [2.24, 2.45) is 11.5 Å². The number of carbonyl (C=O) groups is 5. The lowest BCUT2D eigenvalue weighted by Crippen LogP contribution is -2.20. The van der Waals surface area contributed by atoms with Crippen LogP contribution in [0.5, 0.6) is 5.75 Å². The Bertz CT molecular complexity index is 2460. The standard InChI is InChI=1S/C32H38N10O5.C7H10N2O.2CH4O.CH2O/c1-5-42-25(15-19(2)39-42)30(45)38-32-37-23-17-21(29(34)44)18-26(47-14-8-13-46-4)27(23)41(32)12-7-6-11-40-24-10-9-20(28(33)43)16-22(24)36-31(40)35-3;1-3-9-7(5-10)4-6(2)8-9;3*1-2/h6-7,9-10,15-18H,5,8,11-14H2,1-4H3,(H2,33,43)(H2,34,44)(H,35,36)(H,37,38,45);4-5H,3H2,1-2H3;2*2H,1H3;1H2/b7-6+;;;;. The molecule has 0 spiro atoms. The highest BCUT2D eigenvalue weighted by molar-refractivity contribution is 6.04. The summed E-state index contributed by atoms with van der Waals surface area (Å²) in [6.45, 7) is 12.4. The molecule has 0 aliphatic heterocycles. The van der Waals surface area contributed by atoms with E-state index in [2.05, 4.69) is 25.8 Å². The predicted octanol–water partition coefficient (Wildman–Crippen LogP) is 3.13. The highest BCUT2D eigenvalue weighted by Gasteiger charge is 2.22. The Morgan fingerprint density at radius 2 is 1.38 bits per heavy atom. The van der Waals surface area contributed by atoms with Gasteiger partial charge in [-0.2, -0.15) is 10.2 Å². The van der Waals surface area contributed by atoms with Crippen LogP contribution in [0.15, 0.2) is 54.6 Å². The van der Waals surface area contributed by atoms with Gasteiger partial charge in [0.05, 0.1) is 34.5 Å². The Morgan fingerprint density at radius 1 is 0.794 bits per heavy atom. The van der Waals surface area contributed by atoms with Crippen LogP contribution in [0.2, 0.25) is 0 Å². The lowest BCUT2D eigenvalue weighted by Gasteiger charge is -2.13. The molecule has 2 aromatic carbocycles. The molecule has 0 fully saturated rings. The summed E-state index contributed by atoms with van der Waals surface area (Å²) in [5.74, 6) is -0.284. The maximum Gasteiger partial charge on any atom is 0.276 e. The number of primary amides is 2. The van der Waals surface area contributed by atoms with Gasteiger partial charge in [-0.05, 0) is 70.2 Å². The number of anilines is 2. The molecule has 0 aliphatic rings. The average Bonchev–Trinajstić information content (AvgIpc) is 4.07. The highest BCUT2D eigenvalue weighted by Crippen LogP contribution is 2.31. The number of benzene rings is 2. The summed E-state index contributed by atoms with van der Waals surface area (Å²) in [5, 5.41) is 28.5. The second-order valence-electron chi connectivity index (χ2n) is 12.9. The number of aldehydes is 1. The van der Waals surface area contributed by atoms with E-state index in [1.54, 1.807) is 66.0 Å². The number of aliphatic hydroxyl groups is 2. The van der Waals surface area contributed by atoms with Crippen LogP contribution in [0, 0.1) is 13.8 Å². The summed E-state index contributed by atoms with van der Waals surface area (Å²) in [6.07, 6.45) is 5.32. The Labute approximate surface area is 364 Å². The van der Waals surface area contributed by atoms with Crippen molar-refractivity contribution in [3.05, 3.63) is 88.5 Å². The van der Waals surface area contributed by atoms with Crippen LogP contribution in [0.4, 0.5) is 11.9 Å². The van der Waals surface area contributed by atoms with Gasteiger partial charge in [0.2, 0.25) is 23.7 Å². The Hall–Kier alpha value is -7.23. The molecule has 3 amide bonds. The number of rotatable bonds is 17. The Kier molecular flexibility index (Phi) is 21.6. The van der Waals surface area contributed by atoms with E-state index in [0.717, 1.165) is 38.3 Å². The number of amides is 3. The maximum absolute atomic E-state index is 13.5. The molecule has 63 heavy (non-hydrogen) atoms. The van der Waals surface area contributed by atoms with Crippen LogP contribution in [0.3, 0.4) is 0 Å². The van der Waals surface area contributed by atoms with Crippen molar-refractivity contribution < 1.29 is 43.7 Å². The minimum atomic E-state index is -0.633. The van der Waals surface area contributed by atoms with E-state index in [4.69, 9.17) is 40.9 Å². The zero-order valence-electron chi connectivity index (χ0n) is 36.9. The Morgan fingerprint density at radius 3 is 1.95 bits per heavy atom. The zero-order valence-corrected chi connectivity index (χ0v) is 36.9. The van der Waals surface area contributed by atoms with E-state index in [1.807, 2.05) is 55.8 Å². The molecule has 340 valence electrons. The Balaban J connectivity index is 0.000000731. The first-order valence-corrected chi connectivity index (χ1v) is 19.5. The molecular formula is C42H58N12O9. The fourth-order valence-corrected chi connectivity index (χ4v) is 6.21. The van der Waals surface area contributed by atoms with Gasteiger partial charge in [-0.1, -0.05) is 12.2 Å². The SMILES string of the molecule is C=O.CCn1nc(C)cc1C(=O)Nc1nc2cc(C(N)=O)cc(OCCCOC)c2n1C/C=C/Cn1c(NC)nc2cc(C(N)=O)ccc21.CCn1nc(C)cc1C=O.CO.CO. The van der Waals surface area contributed by atoms with Crippen molar-refractivity contribution in [2.75, 3.05) is 52.2 Å². The normalized spacial score (nSPS) is 10.4. The van der Waals surface area contributed by atoms with Crippen molar-refractivity contribution in [1.29, 1.82) is 0 Å². The van der Waals surface area contributed by atoms with Crippen molar-refractivity contribution in [2.45, 2.75) is 60.3 Å². The number of fused-ring (bicyclic) bond motifs is 2. The topological polar surface area (TPSA) is 292 Å².